The summed E-state index contributed by atoms with van der Waals surface area (Å²) < 4.78 is 4.93. The molecule has 1 aliphatic rings. The van der Waals surface area contributed by atoms with Gasteiger partial charge in [-0.05, 0) is 12.3 Å². The third kappa shape index (κ3) is 2.44. The van der Waals surface area contributed by atoms with Crippen molar-refractivity contribution in [2.24, 2.45) is 11.8 Å². The first kappa shape index (κ1) is 10.0. The maximum Gasteiger partial charge on any atom is 0.309 e. The predicted octanol–water partition coefficient (Wildman–Crippen LogP) is 1.05. The molecule has 0 saturated carbocycles. The standard InChI is InChI=1S/C9H14O4/c1-5(2)7-3-6(4-8(10)11)13-9(7)12/h5-7H,3-4H2,1-2H3,(H,10,11). The molecule has 4 nitrogen and oxygen atoms in total. The molecule has 0 aromatic carbocycles. The lowest BCUT2D eigenvalue weighted by molar-refractivity contribution is -0.148. The summed E-state index contributed by atoms with van der Waals surface area (Å²) in [6.07, 6.45) is 0.0509. The Morgan fingerprint density at radius 2 is 2.31 bits per heavy atom. The lowest BCUT2D eigenvalue weighted by atomic mass is 9.92. The van der Waals surface area contributed by atoms with Crippen molar-refractivity contribution < 1.29 is 19.4 Å². The van der Waals surface area contributed by atoms with E-state index in [9.17, 15) is 9.59 Å². The van der Waals surface area contributed by atoms with Gasteiger partial charge in [0.05, 0.1) is 12.3 Å². The summed E-state index contributed by atoms with van der Waals surface area (Å²) in [6, 6.07) is 0. The van der Waals surface area contributed by atoms with Crippen molar-refractivity contribution in [3.63, 3.8) is 0 Å². The molecule has 0 amide bonds. The van der Waals surface area contributed by atoms with Gasteiger partial charge in [0.25, 0.3) is 0 Å². The molecule has 0 bridgehead atoms. The lowest BCUT2D eigenvalue weighted by Gasteiger charge is -2.07. The number of esters is 1. The molecule has 74 valence electrons. The van der Waals surface area contributed by atoms with Crippen molar-refractivity contribution in [3.05, 3.63) is 0 Å². The van der Waals surface area contributed by atoms with E-state index in [-0.39, 0.29) is 24.2 Å². The first-order valence-corrected chi connectivity index (χ1v) is 4.43. The molecule has 0 radical (unpaired) electrons. The first-order chi connectivity index (χ1) is 6.00. The van der Waals surface area contributed by atoms with Gasteiger partial charge in [0.1, 0.15) is 6.10 Å². The Labute approximate surface area is 76.9 Å². The Morgan fingerprint density at radius 1 is 1.69 bits per heavy atom. The maximum absolute atomic E-state index is 11.2. The topological polar surface area (TPSA) is 63.6 Å². The van der Waals surface area contributed by atoms with Crippen LogP contribution in [0.25, 0.3) is 0 Å². The van der Waals surface area contributed by atoms with E-state index in [1.54, 1.807) is 0 Å². The number of ether oxygens (including phenoxy) is 1. The fraction of sp³-hybridized carbons (Fsp3) is 0.778. The van der Waals surface area contributed by atoms with Gasteiger partial charge in [-0.3, -0.25) is 9.59 Å². The summed E-state index contributed by atoms with van der Waals surface area (Å²) in [4.78, 5) is 21.5. The van der Waals surface area contributed by atoms with Crippen LogP contribution in [0.2, 0.25) is 0 Å². The van der Waals surface area contributed by atoms with E-state index < -0.39 is 12.1 Å². The fourth-order valence-corrected chi connectivity index (χ4v) is 1.54. The van der Waals surface area contributed by atoms with Gasteiger partial charge < -0.3 is 9.84 Å². The summed E-state index contributed by atoms with van der Waals surface area (Å²) in [7, 11) is 0. The molecule has 1 fully saturated rings. The van der Waals surface area contributed by atoms with E-state index >= 15 is 0 Å². The zero-order valence-corrected chi connectivity index (χ0v) is 7.82. The lowest BCUT2D eigenvalue weighted by Crippen LogP contribution is -2.13. The number of rotatable bonds is 3. The van der Waals surface area contributed by atoms with Gasteiger partial charge >= 0.3 is 11.9 Å². The monoisotopic (exact) mass is 186 g/mol. The van der Waals surface area contributed by atoms with E-state index in [1.807, 2.05) is 13.8 Å². The van der Waals surface area contributed by atoms with Crippen LogP contribution in [0, 0.1) is 11.8 Å². The van der Waals surface area contributed by atoms with E-state index in [0.29, 0.717) is 6.42 Å². The van der Waals surface area contributed by atoms with E-state index in [0.717, 1.165) is 0 Å². The molecule has 1 rings (SSSR count). The van der Waals surface area contributed by atoms with Gasteiger partial charge in [0.2, 0.25) is 0 Å². The van der Waals surface area contributed by atoms with Crippen molar-refractivity contribution in [1.82, 2.24) is 0 Å². The number of carboxylic acids is 1. The summed E-state index contributed by atoms with van der Waals surface area (Å²) >= 11 is 0. The highest BCUT2D eigenvalue weighted by atomic mass is 16.6. The van der Waals surface area contributed by atoms with Crippen LogP contribution in [-0.2, 0) is 14.3 Å². The molecule has 1 aliphatic heterocycles. The Balaban J connectivity index is 2.50. The number of carbonyl (C=O) groups is 2. The maximum atomic E-state index is 11.2. The number of aliphatic carboxylic acids is 1. The van der Waals surface area contributed by atoms with Crippen molar-refractivity contribution >= 4 is 11.9 Å². The van der Waals surface area contributed by atoms with Gasteiger partial charge in [0.15, 0.2) is 0 Å². The minimum atomic E-state index is -0.915. The highest BCUT2D eigenvalue weighted by Gasteiger charge is 2.37. The number of hydrogen-bond acceptors (Lipinski definition) is 3. The van der Waals surface area contributed by atoms with Crippen LogP contribution in [0.4, 0.5) is 0 Å². The molecule has 2 atom stereocenters. The van der Waals surface area contributed by atoms with Gasteiger partial charge in [0, 0.05) is 0 Å². The zero-order chi connectivity index (χ0) is 10.0. The van der Waals surface area contributed by atoms with Crippen LogP contribution in [0.5, 0.6) is 0 Å². The zero-order valence-electron chi connectivity index (χ0n) is 7.82. The second-order valence-electron chi connectivity index (χ2n) is 3.74. The van der Waals surface area contributed by atoms with Crippen molar-refractivity contribution in [2.45, 2.75) is 32.8 Å². The minimum absolute atomic E-state index is 0.0744. The van der Waals surface area contributed by atoms with E-state index in [2.05, 4.69) is 0 Å². The van der Waals surface area contributed by atoms with Crippen LogP contribution in [0.1, 0.15) is 26.7 Å². The molecule has 1 saturated heterocycles. The number of cyclic esters (lactones) is 1. The van der Waals surface area contributed by atoms with E-state index in [1.165, 1.54) is 0 Å². The second-order valence-corrected chi connectivity index (χ2v) is 3.74. The molecular formula is C9H14O4. The average molecular weight is 186 g/mol. The molecule has 4 heteroatoms. The van der Waals surface area contributed by atoms with Crippen molar-refractivity contribution in [1.29, 1.82) is 0 Å². The third-order valence-electron chi connectivity index (χ3n) is 2.31. The molecule has 1 N–H and O–H groups in total. The molecule has 2 unspecified atom stereocenters. The van der Waals surface area contributed by atoms with Gasteiger partial charge in [-0.2, -0.15) is 0 Å². The van der Waals surface area contributed by atoms with Crippen LogP contribution >= 0.6 is 0 Å². The van der Waals surface area contributed by atoms with E-state index in [4.69, 9.17) is 9.84 Å². The van der Waals surface area contributed by atoms with Crippen LogP contribution in [0.15, 0.2) is 0 Å². The third-order valence-corrected chi connectivity index (χ3v) is 2.31. The van der Waals surface area contributed by atoms with Crippen molar-refractivity contribution in [3.8, 4) is 0 Å². The summed E-state index contributed by atoms with van der Waals surface area (Å²) in [5.74, 6) is -1.06. The first-order valence-electron chi connectivity index (χ1n) is 4.43. The van der Waals surface area contributed by atoms with Crippen LogP contribution < -0.4 is 0 Å². The van der Waals surface area contributed by atoms with Crippen LogP contribution in [-0.4, -0.2) is 23.1 Å². The second kappa shape index (κ2) is 3.77. The Bertz CT molecular complexity index is 222. The largest absolute Gasteiger partial charge is 0.481 e. The highest BCUT2D eigenvalue weighted by molar-refractivity contribution is 5.76. The minimum Gasteiger partial charge on any atom is -0.481 e. The van der Waals surface area contributed by atoms with Gasteiger partial charge in [-0.15, -0.1) is 0 Å². The SMILES string of the molecule is CC(C)C1CC(CC(=O)O)OC1=O. The highest BCUT2D eigenvalue weighted by Crippen LogP contribution is 2.28. The normalized spacial score (nSPS) is 27.8. The number of carbonyl (C=O) groups excluding carboxylic acids is 1. The predicted molar refractivity (Wildman–Crippen MR) is 45.1 cm³/mol. The molecule has 1 heterocycles. The fourth-order valence-electron chi connectivity index (χ4n) is 1.54. The quantitative estimate of drug-likeness (QED) is 0.669. The molecular weight excluding hydrogens is 172 g/mol. The molecule has 0 aliphatic carbocycles. The Hall–Kier alpha value is -1.06. The van der Waals surface area contributed by atoms with Crippen molar-refractivity contribution in [2.75, 3.05) is 0 Å². The van der Waals surface area contributed by atoms with Gasteiger partial charge in [-0.25, -0.2) is 0 Å². The summed E-state index contributed by atoms with van der Waals surface area (Å²) in [5, 5.41) is 8.49. The molecule has 0 aromatic rings. The average Bonchev–Trinajstić information content (AvgIpc) is 2.29. The van der Waals surface area contributed by atoms with Crippen LogP contribution in [0.3, 0.4) is 0 Å². The van der Waals surface area contributed by atoms with Gasteiger partial charge in [-0.1, -0.05) is 13.8 Å². The molecule has 0 spiro atoms. The smallest absolute Gasteiger partial charge is 0.309 e. The Morgan fingerprint density at radius 3 is 2.69 bits per heavy atom. The number of hydrogen-bond donors (Lipinski definition) is 1. The number of carboxylic acid groups (broad SMARTS) is 1. The molecule has 13 heavy (non-hydrogen) atoms. The Kier molecular flexibility index (Phi) is 2.90. The summed E-state index contributed by atoms with van der Waals surface area (Å²) in [5.41, 5.74) is 0. The molecule has 0 aromatic heterocycles. The summed E-state index contributed by atoms with van der Waals surface area (Å²) in [6.45, 7) is 3.88.